The summed E-state index contributed by atoms with van der Waals surface area (Å²) in [5.41, 5.74) is 1.77. The molecule has 0 atom stereocenters. The van der Waals surface area contributed by atoms with Crippen molar-refractivity contribution in [3.63, 3.8) is 0 Å². The van der Waals surface area contributed by atoms with E-state index in [4.69, 9.17) is 4.74 Å². The van der Waals surface area contributed by atoms with Crippen LogP contribution in [0.4, 0.5) is 0 Å². The fraction of sp³-hybridized carbons (Fsp3) is 0.333. The predicted octanol–water partition coefficient (Wildman–Crippen LogP) is 2.13. The number of fused-ring (bicyclic) bond motifs is 1. The first-order valence-electron chi connectivity index (χ1n) is 5.01. The molecule has 0 amide bonds. The number of benzene rings is 1. The maximum absolute atomic E-state index is 11.5. The molecule has 0 aliphatic heterocycles. The summed E-state index contributed by atoms with van der Waals surface area (Å²) in [7, 11) is 0. The number of esters is 1. The Balaban J connectivity index is 2.33. The monoisotopic (exact) mass is 204 g/mol. The number of ketones is 1. The molecule has 1 aromatic carbocycles. The second-order valence-corrected chi connectivity index (χ2v) is 3.69. The summed E-state index contributed by atoms with van der Waals surface area (Å²) in [6, 6.07) is 5.20. The normalized spacial score (nSPS) is 14.6. The number of ether oxygens (including phenoxy) is 1. The fourth-order valence-corrected chi connectivity index (χ4v) is 1.85. The lowest BCUT2D eigenvalue weighted by Gasteiger charge is -2.15. The van der Waals surface area contributed by atoms with Gasteiger partial charge in [0.25, 0.3) is 0 Å². The van der Waals surface area contributed by atoms with E-state index in [1.54, 1.807) is 18.2 Å². The van der Waals surface area contributed by atoms with Crippen LogP contribution in [0.5, 0.6) is 5.75 Å². The highest BCUT2D eigenvalue weighted by Gasteiger charge is 2.17. The van der Waals surface area contributed by atoms with Crippen molar-refractivity contribution in [1.82, 2.24) is 0 Å². The molecule has 1 aliphatic rings. The van der Waals surface area contributed by atoms with E-state index in [1.807, 2.05) is 0 Å². The number of Topliss-reactive ketones (excluding diaryl/α,β-unsaturated/α-hetero) is 1. The van der Waals surface area contributed by atoms with Gasteiger partial charge in [0.1, 0.15) is 5.75 Å². The van der Waals surface area contributed by atoms with Gasteiger partial charge >= 0.3 is 5.97 Å². The first-order valence-corrected chi connectivity index (χ1v) is 5.01. The van der Waals surface area contributed by atoms with E-state index in [0.717, 1.165) is 24.0 Å². The van der Waals surface area contributed by atoms with Crippen LogP contribution in [0.2, 0.25) is 0 Å². The molecule has 0 radical (unpaired) electrons. The molecular formula is C12H12O3. The smallest absolute Gasteiger partial charge is 0.308 e. The third kappa shape index (κ3) is 2.06. The largest absolute Gasteiger partial charge is 0.427 e. The summed E-state index contributed by atoms with van der Waals surface area (Å²) in [6.07, 6.45) is 2.39. The number of rotatable bonds is 1. The van der Waals surface area contributed by atoms with Crippen LogP contribution in [0.25, 0.3) is 0 Å². The second kappa shape index (κ2) is 3.85. The van der Waals surface area contributed by atoms with E-state index in [9.17, 15) is 9.59 Å². The number of carbonyl (C=O) groups is 2. The van der Waals surface area contributed by atoms with Crippen molar-refractivity contribution >= 4 is 11.8 Å². The standard InChI is InChI=1S/C12H12O3/c1-8(13)15-10-5-6-11-9(7-10)3-2-4-12(11)14/h5-7H,2-4H2,1H3. The first-order chi connectivity index (χ1) is 7.16. The molecule has 3 heteroatoms. The van der Waals surface area contributed by atoms with Crippen molar-refractivity contribution in [2.45, 2.75) is 26.2 Å². The molecule has 0 N–H and O–H groups in total. The minimum Gasteiger partial charge on any atom is -0.427 e. The van der Waals surface area contributed by atoms with E-state index >= 15 is 0 Å². The van der Waals surface area contributed by atoms with Gasteiger partial charge in [-0.2, -0.15) is 0 Å². The highest BCUT2D eigenvalue weighted by atomic mass is 16.5. The number of hydrogen-bond acceptors (Lipinski definition) is 3. The van der Waals surface area contributed by atoms with Gasteiger partial charge in [-0.15, -0.1) is 0 Å². The zero-order valence-electron chi connectivity index (χ0n) is 8.58. The van der Waals surface area contributed by atoms with Crippen LogP contribution < -0.4 is 4.74 Å². The van der Waals surface area contributed by atoms with Crippen molar-refractivity contribution in [1.29, 1.82) is 0 Å². The Morgan fingerprint density at radius 1 is 1.33 bits per heavy atom. The van der Waals surface area contributed by atoms with Crippen molar-refractivity contribution in [3.8, 4) is 5.75 Å². The Morgan fingerprint density at radius 3 is 2.87 bits per heavy atom. The third-order valence-corrected chi connectivity index (χ3v) is 2.49. The van der Waals surface area contributed by atoms with Gasteiger partial charge in [-0.05, 0) is 36.6 Å². The van der Waals surface area contributed by atoms with Gasteiger partial charge < -0.3 is 4.74 Å². The molecule has 0 aromatic heterocycles. The molecular weight excluding hydrogens is 192 g/mol. The van der Waals surface area contributed by atoms with Gasteiger partial charge in [-0.1, -0.05) is 0 Å². The zero-order valence-corrected chi connectivity index (χ0v) is 8.58. The van der Waals surface area contributed by atoms with Gasteiger partial charge in [0.2, 0.25) is 0 Å². The lowest BCUT2D eigenvalue weighted by molar-refractivity contribution is -0.131. The van der Waals surface area contributed by atoms with Crippen LogP contribution in [-0.2, 0) is 11.2 Å². The fourth-order valence-electron chi connectivity index (χ4n) is 1.85. The van der Waals surface area contributed by atoms with E-state index in [2.05, 4.69) is 0 Å². The lowest BCUT2D eigenvalue weighted by Crippen LogP contribution is -2.11. The van der Waals surface area contributed by atoms with Crippen molar-refractivity contribution in [2.75, 3.05) is 0 Å². The van der Waals surface area contributed by atoms with Crippen molar-refractivity contribution < 1.29 is 14.3 Å². The maximum atomic E-state index is 11.5. The Morgan fingerprint density at radius 2 is 2.13 bits per heavy atom. The molecule has 1 aliphatic carbocycles. The summed E-state index contributed by atoms with van der Waals surface area (Å²) in [5.74, 6) is 0.374. The molecule has 3 nitrogen and oxygen atoms in total. The van der Waals surface area contributed by atoms with Gasteiger partial charge in [0, 0.05) is 18.9 Å². The molecule has 0 saturated heterocycles. The van der Waals surface area contributed by atoms with Crippen LogP contribution in [0.3, 0.4) is 0 Å². The van der Waals surface area contributed by atoms with Gasteiger partial charge in [-0.25, -0.2) is 0 Å². The van der Waals surface area contributed by atoms with Gasteiger partial charge in [-0.3, -0.25) is 9.59 Å². The molecule has 0 fully saturated rings. The molecule has 78 valence electrons. The van der Waals surface area contributed by atoms with Crippen LogP contribution >= 0.6 is 0 Å². The van der Waals surface area contributed by atoms with Crippen LogP contribution in [0.15, 0.2) is 18.2 Å². The maximum Gasteiger partial charge on any atom is 0.308 e. The van der Waals surface area contributed by atoms with Crippen LogP contribution in [0.1, 0.15) is 35.7 Å². The highest BCUT2D eigenvalue weighted by Crippen LogP contribution is 2.25. The highest BCUT2D eigenvalue weighted by molar-refractivity contribution is 5.98. The lowest BCUT2D eigenvalue weighted by atomic mass is 9.91. The molecule has 1 aromatic rings. The van der Waals surface area contributed by atoms with Gasteiger partial charge in [0.05, 0.1) is 0 Å². The molecule has 0 heterocycles. The summed E-state index contributed by atoms with van der Waals surface area (Å²) in [5, 5.41) is 0. The second-order valence-electron chi connectivity index (χ2n) is 3.69. The van der Waals surface area contributed by atoms with E-state index in [-0.39, 0.29) is 11.8 Å². The summed E-state index contributed by atoms with van der Waals surface area (Å²) >= 11 is 0. The number of hydrogen-bond donors (Lipinski definition) is 0. The minimum absolute atomic E-state index is 0.186. The molecule has 0 bridgehead atoms. The predicted molar refractivity (Wildman–Crippen MR) is 55.0 cm³/mol. The Bertz CT molecular complexity index is 421. The average Bonchev–Trinajstić information content (AvgIpc) is 2.17. The SMILES string of the molecule is CC(=O)Oc1ccc2c(c1)CCCC2=O. The quantitative estimate of drug-likeness (QED) is 0.520. The summed E-state index contributed by atoms with van der Waals surface area (Å²) in [4.78, 5) is 22.3. The molecule has 0 saturated carbocycles. The van der Waals surface area contributed by atoms with E-state index in [1.165, 1.54) is 6.92 Å². The van der Waals surface area contributed by atoms with E-state index in [0.29, 0.717) is 12.2 Å². The summed E-state index contributed by atoms with van der Waals surface area (Å²) in [6.45, 7) is 1.37. The number of carbonyl (C=O) groups excluding carboxylic acids is 2. The van der Waals surface area contributed by atoms with Crippen molar-refractivity contribution in [3.05, 3.63) is 29.3 Å². The topological polar surface area (TPSA) is 43.4 Å². The van der Waals surface area contributed by atoms with Crippen molar-refractivity contribution in [2.24, 2.45) is 0 Å². The van der Waals surface area contributed by atoms with Crippen LogP contribution in [-0.4, -0.2) is 11.8 Å². The molecule has 0 unspecified atom stereocenters. The molecule has 0 spiro atoms. The zero-order chi connectivity index (χ0) is 10.8. The van der Waals surface area contributed by atoms with Gasteiger partial charge in [0.15, 0.2) is 5.78 Å². The summed E-state index contributed by atoms with van der Waals surface area (Å²) < 4.78 is 4.97. The van der Waals surface area contributed by atoms with Crippen LogP contribution in [0, 0.1) is 0 Å². The number of aryl methyl sites for hydroxylation is 1. The Labute approximate surface area is 88.1 Å². The molecule has 15 heavy (non-hydrogen) atoms. The van der Waals surface area contributed by atoms with E-state index < -0.39 is 0 Å². The first kappa shape index (κ1) is 9.90. The average molecular weight is 204 g/mol. The molecule has 2 rings (SSSR count). The minimum atomic E-state index is -0.336. The Hall–Kier alpha value is -1.64. The Kier molecular flexibility index (Phi) is 2.54. The third-order valence-electron chi connectivity index (χ3n) is 2.49.